The lowest BCUT2D eigenvalue weighted by Crippen LogP contribution is -1.98. The van der Waals surface area contributed by atoms with Crippen LogP contribution in [0.3, 0.4) is 0 Å². The maximum absolute atomic E-state index is 4.77. The number of nitrogens with zero attached hydrogens (tertiary/aromatic N) is 1. The van der Waals surface area contributed by atoms with Gasteiger partial charge < -0.3 is 0 Å². The van der Waals surface area contributed by atoms with E-state index in [0.29, 0.717) is 0 Å². The minimum atomic E-state index is 0.941. The lowest BCUT2D eigenvalue weighted by Gasteiger charge is -2.08. The van der Waals surface area contributed by atoms with Crippen molar-refractivity contribution < 1.29 is 0 Å². The van der Waals surface area contributed by atoms with Crippen molar-refractivity contribution in [2.24, 2.45) is 4.99 Å². The highest BCUT2D eigenvalue weighted by molar-refractivity contribution is 5.99. The molecule has 0 N–H and O–H groups in total. The van der Waals surface area contributed by atoms with Gasteiger partial charge in [0, 0.05) is 12.1 Å². The minimum absolute atomic E-state index is 0.941. The molecule has 1 heteroatoms. The van der Waals surface area contributed by atoms with Crippen molar-refractivity contribution in [3.63, 3.8) is 0 Å². The van der Waals surface area contributed by atoms with Gasteiger partial charge >= 0.3 is 0 Å². The number of benzene rings is 1. The lowest BCUT2D eigenvalue weighted by molar-refractivity contribution is 1.14. The van der Waals surface area contributed by atoms with E-state index in [-0.39, 0.29) is 0 Å². The Morgan fingerprint density at radius 1 is 1.24 bits per heavy atom. The van der Waals surface area contributed by atoms with Crippen molar-refractivity contribution in [3.05, 3.63) is 53.1 Å². The van der Waals surface area contributed by atoms with Crippen LogP contribution < -0.4 is 0 Å². The molecule has 0 fully saturated rings. The van der Waals surface area contributed by atoms with Crippen LogP contribution in [0.5, 0.6) is 0 Å². The zero-order chi connectivity index (χ0) is 12.3. The Bertz CT molecular complexity index is 504. The van der Waals surface area contributed by atoms with Crippen LogP contribution in [-0.2, 0) is 0 Å². The SMILES string of the molecule is CCC1=CC(=Nc2cc(C)ccc2C)CC=C1. The average Bonchev–Trinajstić information content (AvgIpc) is 2.34. The highest BCUT2D eigenvalue weighted by Gasteiger charge is 2.03. The Morgan fingerprint density at radius 2 is 2.06 bits per heavy atom. The standard InChI is InChI=1S/C16H19N/c1-4-14-6-5-7-15(11-14)17-16-10-12(2)8-9-13(16)3/h5-6,8-11H,4,7H2,1-3H3. The summed E-state index contributed by atoms with van der Waals surface area (Å²) in [5, 5.41) is 0. The molecule has 0 aliphatic heterocycles. The van der Waals surface area contributed by atoms with E-state index in [4.69, 9.17) is 4.99 Å². The monoisotopic (exact) mass is 225 g/mol. The van der Waals surface area contributed by atoms with Crippen molar-refractivity contribution in [2.45, 2.75) is 33.6 Å². The molecule has 0 unspecified atom stereocenters. The maximum atomic E-state index is 4.77. The van der Waals surface area contributed by atoms with Gasteiger partial charge in [-0.1, -0.05) is 31.2 Å². The average molecular weight is 225 g/mol. The smallest absolute Gasteiger partial charge is 0.0664 e. The van der Waals surface area contributed by atoms with E-state index in [1.165, 1.54) is 16.7 Å². The van der Waals surface area contributed by atoms with Crippen molar-refractivity contribution >= 4 is 11.4 Å². The van der Waals surface area contributed by atoms with Gasteiger partial charge in [0.1, 0.15) is 0 Å². The molecule has 0 atom stereocenters. The highest BCUT2D eigenvalue weighted by Crippen LogP contribution is 2.22. The van der Waals surface area contributed by atoms with Crippen LogP contribution in [0.15, 0.2) is 47.0 Å². The largest absolute Gasteiger partial charge is 0.253 e. The highest BCUT2D eigenvalue weighted by atomic mass is 14.7. The van der Waals surface area contributed by atoms with E-state index in [9.17, 15) is 0 Å². The van der Waals surface area contributed by atoms with E-state index in [1.54, 1.807) is 0 Å². The van der Waals surface area contributed by atoms with Crippen molar-refractivity contribution in [1.29, 1.82) is 0 Å². The van der Waals surface area contributed by atoms with Crippen molar-refractivity contribution in [2.75, 3.05) is 0 Å². The molecule has 0 radical (unpaired) electrons. The zero-order valence-electron chi connectivity index (χ0n) is 10.8. The number of aliphatic imine (C=N–C) groups is 1. The Morgan fingerprint density at radius 3 is 2.82 bits per heavy atom. The van der Waals surface area contributed by atoms with Crippen molar-refractivity contribution in [1.82, 2.24) is 0 Å². The molecule has 0 spiro atoms. The summed E-state index contributed by atoms with van der Waals surface area (Å²) >= 11 is 0. The third-order valence-corrected chi connectivity index (χ3v) is 3.05. The van der Waals surface area contributed by atoms with E-state index in [2.05, 4.69) is 57.2 Å². The lowest BCUT2D eigenvalue weighted by atomic mass is 10.0. The first-order valence-electron chi connectivity index (χ1n) is 6.21. The number of allylic oxidation sites excluding steroid dienone is 4. The van der Waals surface area contributed by atoms with Gasteiger partial charge in [-0.25, -0.2) is 0 Å². The molecule has 88 valence electrons. The summed E-state index contributed by atoms with van der Waals surface area (Å²) in [6, 6.07) is 6.42. The third-order valence-electron chi connectivity index (χ3n) is 3.05. The zero-order valence-corrected chi connectivity index (χ0v) is 10.8. The summed E-state index contributed by atoms with van der Waals surface area (Å²) in [7, 11) is 0. The molecule has 2 rings (SSSR count). The molecule has 0 saturated carbocycles. The van der Waals surface area contributed by atoms with Gasteiger partial charge in [-0.2, -0.15) is 0 Å². The maximum Gasteiger partial charge on any atom is 0.0664 e. The number of rotatable bonds is 2. The topological polar surface area (TPSA) is 12.4 Å². The molecule has 17 heavy (non-hydrogen) atoms. The summed E-state index contributed by atoms with van der Waals surface area (Å²) in [4.78, 5) is 4.77. The van der Waals surface area contributed by atoms with Crippen LogP contribution in [-0.4, -0.2) is 5.71 Å². The summed E-state index contributed by atoms with van der Waals surface area (Å²) in [5.74, 6) is 0. The fraction of sp³-hybridized carbons (Fsp3) is 0.312. The van der Waals surface area contributed by atoms with Crippen LogP contribution in [0.2, 0.25) is 0 Å². The van der Waals surface area contributed by atoms with E-state index in [0.717, 1.165) is 24.2 Å². The first kappa shape index (κ1) is 11.8. The molecule has 0 bridgehead atoms. The summed E-state index contributed by atoms with van der Waals surface area (Å²) in [6.45, 7) is 6.40. The van der Waals surface area contributed by atoms with Gasteiger partial charge in [-0.05, 0) is 49.1 Å². The molecule has 1 aliphatic rings. The van der Waals surface area contributed by atoms with Crippen molar-refractivity contribution in [3.8, 4) is 0 Å². The Labute approximate surface area is 104 Å². The Balaban J connectivity index is 2.33. The third kappa shape index (κ3) is 2.94. The fourth-order valence-electron chi connectivity index (χ4n) is 1.94. The quantitative estimate of drug-likeness (QED) is 0.693. The van der Waals surface area contributed by atoms with Gasteiger partial charge in [0.25, 0.3) is 0 Å². The molecule has 1 aromatic carbocycles. The van der Waals surface area contributed by atoms with Gasteiger partial charge in [0.05, 0.1) is 5.69 Å². The Kier molecular flexibility index (Phi) is 3.58. The molecule has 0 amide bonds. The molecule has 0 saturated heterocycles. The summed E-state index contributed by atoms with van der Waals surface area (Å²) in [5.41, 5.74) is 6.13. The summed E-state index contributed by atoms with van der Waals surface area (Å²) in [6.07, 6.45) is 8.62. The fourth-order valence-corrected chi connectivity index (χ4v) is 1.94. The molecule has 1 aliphatic carbocycles. The second kappa shape index (κ2) is 5.13. The first-order chi connectivity index (χ1) is 8.19. The van der Waals surface area contributed by atoms with Gasteiger partial charge in [-0.15, -0.1) is 0 Å². The minimum Gasteiger partial charge on any atom is -0.253 e. The van der Waals surface area contributed by atoms with Crippen LogP contribution >= 0.6 is 0 Å². The number of aryl methyl sites for hydroxylation is 2. The molecule has 0 heterocycles. The normalized spacial score (nSPS) is 17.4. The second-order valence-corrected chi connectivity index (χ2v) is 4.57. The van der Waals surface area contributed by atoms with E-state index in [1.807, 2.05) is 0 Å². The second-order valence-electron chi connectivity index (χ2n) is 4.57. The number of hydrogen-bond donors (Lipinski definition) is 0. The molecular weight excluding hydrogens is 206 g/mol. The number of hydrogen-bond acceptors (Lipinski definition) is 1. The molecular formula is C16H19N. The van der Waals surface area contributed by atoms with Crippen LogP contribution in [0.1, 0.15) is 30.9 Å². The van der Waals surface area contributed by atoms with Crippen LogP contribution in [0.4, 0.5) is 5.69 Å². The van der Waals surface area contributed by atoms with Crippen LogP contribution in [0, 0.1) is 13.8 Å². The Hall–Kier alpha value is -1.63. The predicted molar refractivity (Wildman–Crippen MR) is 75.1 cm³/mol. The summed E-state index contributed by atoms with van der Waals surface area (Å²) < 4.78 is 0. The van der Waals surface area contributed by atoms with E-state index >= 15 is 0 Å². The van der Waals surface area contributed by atoms with Crippen LogP contribution in [0.25, 0.3) is 0 Å². The van der Waals surface area contributed by atoms with E-state index < -0.39 is 0 Å². The predicted octanol–water partition coefficient (Wildman–Crippen LogP) is 4.67. The van der Waals surface area contributed by atoms with Gasteiger partial charge in [-0.3, -0.25) is 4.99 Å². The molecule has 1 aromatic rings. The van der Waals surface area contributed by atoms with Gasteiger partial charge in [0.2, 0.25) is 0 Å². The first-order valence-corrected chi connectivity index (χ1v) is 6.21. The molecule has 0 aromatic heterocycles. The molecule has 1 nitrogen and oxygen atoms in total. The van der Waals surface area contributed by atoms with Gasteiger partial charge in [0.15, 0.2) is 0 Å².